The number of thiophene rings is 1. The molecule has 0 fully saturated rings. The molecule has 0 spiro atoms. The summed E-state index contributed by atoms with van der Waals surface area (Å²) in [6, 6.07) is 8.55. The number of phenols is 1. The van der Waals surface area contributed by atoms with Gasteiger partial charge in [-0.1, -0.05) is 6.07 Å². The summed E-state index contributed by atoms with van der Waals surface area (Å²) in [5, 5.41) is 14.0. The Hall–Kier alpha value is -1.65. The molecule has 0 aliphatic heterocycles. The number of aryl methyl sites for hydroxylation is 1. The predicted octanol–water partition coefficient (Wildman–Crippen LogP) is 2.83. The number of benzene rings is 1. The van der Waals surface area contributed by atoms with Gasteiger partial charge in [0.2, 0.25) is 5.78 Å². The Labute approximate surface area is 111 Å². The van der Waals surface area contributed by atoms with Gasteiger partial charge in [-0.15, -0.1) is 11.3 Å². The third-order valence-corrected chi connectivity index (χ3v) is 3.07. The molecular formula is C14H17NO2S. The molecule has 18 heavy (non-hydrogen) atoms. The molecule has 2 rings (SSSR count). The number of phenolic OH excluding ortho intramolecular Hbond substituents is 1. The van der Waals surface area contributed by atoms with Crippen molar-refractivity contribution in [1.82, 2.24) is 5.32 Å². The van der Waals surface area contributed by atoms with Crippen LogP contribution < -0.4 is 5.32 Å². The highest BCUT2D eigenvalue weighted by Crippen LogP contribution is 2.20. The second-order valence-electron chi connectivity index (χ2n) is 3.81. The molecule has 0 amide bonds. The van der Waals surface area contributed by atoms with E-state index in [9.17, 15) is 9.90 Å². The van der Waals surface area contributed by atoms with Crippen LogP contribution in [0.4, 0.5) is 0 Å². The fraction of sp³-hybridized carbons (Fsp3) is 0.214. The van der Waals surface area contributed by atoms with Crippen LogP contribution in [0, 0.1) is 6.92 Å². The molecule has 0 aliphatic rings. The largest absolute Gasteiger partial charge is 0.508 e. The Morgan fingerprint density at radius 1 is 1.28 bits per heavy atom. The lowest BCUT2D eigenvalue weighted by molar-refractivity contribution is 0.104. The van der Waals surface area contributed by atoms with Crippen molar-refractivity contribution in [2.24, 2.45) is 0 Å². The lowest BCUT2D eigenvalue weighted by Gasteiger charge is -2.01. The topological polar surface area (TPSA) is 49.3 Å². The molecule has 0 radical (unpaired) electrons. The number of rotatable bonds is 2. The SMILES string of the molecule is CNC.Cc1cc(C(=O)c2cccs2)ccc1O. The van der Waals surface area contributed by atoms with Crippen molar-refractivity contribution < 1.29 is 9.90 Å². The summed E-state index contributed by atoms with van der Waals surface area (Å²) >= 11 is 1.42. The van der Waals surface area contributed by atoms with Crippen LogP contribution in [-0.4, -0.2) is 25.0 Å². The van der Waals surface area contributed by atoms with Crippen molar-refractivity contribution in [3.63, 3.8) is 0 Å². The Morgan fingerprint density at radius 2 is 1.94 bits per heavy atom. The third kappa shape index (κ3) is 3.68. The number of hydrogen-bond donors (Lipinski definition) is 2. The standard InChI is InChI=1S/C12H10O2S.C2H7N/c1-8-7-9(4-5-10(8)13)12(14)11-3-2-6-15-11;1-3-2/h2-7,13H,1H3;3H,1-2H3. The normalized spacial score (nSPS) is 9.50. The molecule has 0 bridgehead atoms. The molecule has 0 atom stereocenters. The van der Waals surface area contributed by atoms with Crippen molar-refractivity contribution in [2.45, 2.75) is 6.92 Å². The lowest BCUT2D eigenvalue weighted by Crippen LogP contribution is -1.98. The molecule has 4 heteroatoms. The minimum atomic E-state index is 0.00750. The van der Waals surface area contributed by atoms with Gasteiger partial charge in [0.05, 0.1) is 4.88 Å². The van der Waals surface area contributed by atoms with Crippen molar-refractivity contribution in [3.05, 3.63) is 51.7 Å². The molecule has 0 saturated carbocycles. The summed E-state index contributed by atoms with van der Waals surface area (Å²) in [5.74, 6) is 0.228. The van der Waals surface area contributed by atoms with Crippen molar-refractivity contribution in [3.8, 4) is 5.75 Å². The van der Waals surface area contributed by atoms with Gasteiger partial charge in [-0.25, -0.2) is 0 Å². The van der Waals surface area contributed by atoms with Crippen LogP contribution in [0.25, 0.3) is 0 Å². The van der Waals surface area contributed by atoms with Gasteiger partial charge >= 0.3 is 0 Å². The van der Waals surface area contributed by atoms with Crippen LogP contribution in [0.5, 0.6) is 5.75 Å². The van der Waals surface area contributed by atoms with Crippen molar-refractivity contribution in [2.75, 3.05) is 14.1 Å². The Morgan fingerprint density at radius 3 is 2.44 bits per heavy atom. The van der Waals surface area contributed by atoms with E-state index in [1.54, 1.807) is 31.2 Å². The fourth-order valence-corrected chi connectivity index (χ4v) is 2.03. The zero-order valence-electron chi connectivity index (χ0n) is 10.7. The minimum Gasteiger partial charge on any atom is -0.508 e. The summed E-state index contributed by atoms with van der Waals surface area (Å²) in [6.07, 6.45) is 0. The zero-order valence-corrected chi connectivity index (χ0v) is 11.5. The maximum Gasteiger partial charge on any atom is 0.202 e. The average molecular weight is 263 g/mol. The van der Waals surface area contributed by atoms with E-state index >= 15 is 0 Å². The quantitative estimate of drug-likeness (QED) is 0.819. The molecule has 2 aromatic rings. The van der Waals surface area contributed by atoms with Crippen LogP contribution in [0.15, 0.2) is 35.7 Å². The van der Waals surface area contributed by atoms with Gasteiger partial charge in [0, 0.05) is 5.56 Å². The van der Waals surface area contributed by atoms with Gasteiger partial charge in [-0.05, 0) is 56.2 Å². The van der Waals surface area contributed by atoms with Crippen LogP contribution in [-0.2, 0) is 0 Å². The molecule has 2 N–H and O–H groups in total. The van der Waals surface area contributed by atoms with Crippen LogP contribution in [0.2, 0.25) is 0 Å². The molecule has 96 valence electrons. The number of ketones is 1. The zero-order chi connectivity index (χ0) is 13.5. The molecule has 1 aromatic heterocycles. The van der Waals surface area contributed by atoms with Gasteiger partial charge in [-0.3, -0.25) is 4.79 Å². The first-order chi connectivity index (χ1) is 8.60. The van der Waals surface area contributed by atoms with E-state index in [0.717, 1.165) is 10.4 Å². The first kappa shape index (κ1) is 14.4. The van der Waals surface area contributed by atoms with E-state index in [0.29, 0.717) is 5.56 Å². The van der Waals surface area contributed by atoms with Crippen LogP contribution in [0.3, 0.4) is 0 Å². The monoisotopic (exact) mass is 263 g/mol. The maximum absolute atomic E-state index is 11.9. The number of aromatic hydroxyl groups is 1. The van der Waals surface area contributed by atoms with E-state index in [4.69, 9.17) is 0 Å². The highest BCUT2D eigenvalue weighted by molar-refractivity contribution is 7.12. The highest BCUT2D eigenvalue weighted by Gasteiger charge is 2.10. The van der Waals surface area contributed by atoms with Crippen molar-refractivity contribution in [1.29, 1.82) is 0 Å². The molecule has 1 heterocycles. The smallest absolute Gasteiger partial charge is 0.202 e. The molecule has 0 aliphatic carbocycles. The molecule has 0 saturated heterocycles. The second-order valence-corrected chi connectivity index (χ2v) is 4.76. The van der Waals surface area contributed by atoms with E-state index in [2.05, 4.69) is 5.32 Å². The van der Waals surface area contributed by atoms with Crippen LogP contribution in [0.1, 0.15) is 20.8 Å². The molecule has 3 nitrogen and oxygen atoms in total. The molecule has 1 aromatic carbocycles. The Balaban J connectivity index is 0.000000492. The highest BCUT2D eigenvalue weighted by atomic mass is 32.1. The first-order valence-electron chi connectivity index (χ1n) is 5.56. The number of carbonyl (C=O) groups excluding carboxylic acids is 1. The van der Waals surface area contributed by atoms with E-state index in [1.165, 1.54) is 11.3 Å². The van der Waals surface area contributed by atoms with Gasteiger partial charge in [-0.2, -0.15) is 0 Å². The summed E-state index contributed by atoms with van der Waals surface area (Å²) < 4.78 is 0. The first-order valence-corrected chi connectivity index (χ1v) is 6.44. The molecule has 0 unspecified atom stereocenters. The van der Waals surface area contributed by atoms with E-state index in [1.807, 2.05) is 25.5 Å². The number of carbonyl (C=O) groups is 1. The molecular weight excluding hydrogens is 246 g/mol. The minimum absolute atomic E-state index is 0.00750. The summed E-state index contributed by atoms with van der Waals surface area (Å²) in [6.45, 7) is 1.78. The Bertz CT molecular complexity index is 507. The number of nitrogens with one attached hydrogen (secondary N) is 1. The van der Waals surface area contributed by atoms with Gasteiger partial charge in [0.1, 0.15) is 5.75 Å². The van der Waals surface area contributed by atoms with E-state index < -0.39 is 0 Å². The van der Waals surface area contributed by atoms with Gasteiger partial charge in [0.25, 0.3) is 0 Å². The summed E-state index contributed by atoms with van der Waals surface area (Å²) in [4.78, 5) is 12.6. The summed E-state index contributed by atoms with van der Waals surface area (Å²) in [5.41, 5.74) is 1.34. The average Bonchev–Trinajstić information content (AvgIpc) is 2.86. The van der Waals surface area contributed by atoms with E-state index in [-0.39, 0.29) is 11.5 Å². The summed E-state index contributed by atoms with van der Waals surface area (Å²) in [7, 11) is 3.75. The van der Waals surface area contributed by atoms with Gasteiger partial charge < -0.3 is 10.4 Å². The Kier molecular flexibility index (Phi) is 5.55. The van der Waals surface area contributed by atoms with Crippen molar-refractivity contribution >= 4 is 17.1 Å². The second kappa shape index (κ2) is 6.93. The maximum atomic E-state index is 11.9. The fourth-order valence-electron chi connectivity index (χ4n) is 1.35. The van der Waals surface area contributed by atoms with Gasteiger partial charge in [0.15, 0.2) is 0 Å². The predicted molar refractivity (Wildman–Crippen MR) is 75.6 cm³/mol. The lowest BCUT2D eigenvalue weighted by atomic mass is 10.1. The third-order valence-electron chi connectivity index (χ3n) is 2.20. The number of hydrogen-bond acceptors (Lipinski definition) is 4. The van der Waals surface area contributed by atoms with Crippen LogP contribution >= 0.6 is 11.3 Å².